The molecule has 3 nitrogen and oxygen atoms in total. The van der Waals surface area contributed by atoms with Crippen LogP contribution in [0.3, 0.4) is 0 Å². The Kier molecular flexibility index (Phi) is 2.15. The number of rotatable bonds is 1. The maximum atomic E-state index is 12.5. The summed E-state index contributed by atoms with van der Waals surface area (Å²) in [5.74, 6) is 0.260. The third-order valence-corrected chi connectivity index (χ3v) is 2.07. The first-order valence-electron chi connectivity index (χ1n) is 4.18. The normalized spacial score (nSPS) is 12.3. The molecule has 0 radical (unpaired) electrons. The van der Waals surface area contributed by atoms with Gasteiger partial charge in [0, 0.05) is 5.39 Å². The monoisotopic (exact) mass is 216 g/mol. The number of alkyl halides is 3. The molecule has 0 aliphatic carbocycles. The molecule has 0 aliphatic rings. The molecule has 80 valence electrons. The Morgan fingerprint density at radius 3 is 2.67 bits per heavy atom. The highest BCUT2D eigenvalue weighted by Crippen LogP contribution is 2.34. The van der Waals surface area contributed by atoms with Gasteiger partial charge in [-0.3, -0.25) is 0 Å². The molecule has 1 heterocycles. The Morgan fingerprint density at radius 1 is 1.33 bits per heavy atom. The lowest BCUT2D eigenvalue weighted by Crippen LogP contribution is -2.05. The zero-order chi connectivity index (χ0) is 11.1. The van der Waals surface area contributed by atoms with Gasteiger partial charge in [0.15, 0.2) is 5.76 Å². The van der Waals surface area contributed by atoms with Crippen molar-refractivity contribution in [2.75, 3.05) is 0 Å². The van der Waals surface area contributed by atoms with E-state index in [4.69, 9.17) is 10.3 Å². The molecule has 0 atom stereocenters. The molecular weight excluding hydrogens is 209 g/mol. The number of fused-ring (bicyclic) bond motifs is 1. The van der Waals surface area contributed by atoms with Crippen LogP contribution in [0.25, 0.3) is 10.9 Å². The van der Waals surface area contributed by atoms with E-state index < -0.39 is 11.7 Å². The Morgan fingerprint density at radius 2 is 2.07 bits per heavy atom. The number of hydrogen-bond donors (Lipinski definition) is 1. The number of benzene rings is 1. The molecule has 0 spiro atoms. The summed E-state index contributed by atoms with van der Waals surface area (Å²) in [6.07, 6.45) is -4.43. The highest BCUT2D eigenvalue weighted by atomic mass is 19.4. The Balaban J connectivity index is 2.73. The van der Waals surface area contributed by atoms with Gasteiger partial charge >= 0.3 is 6.18 Å². The zero-order valence-corrected chi connectivity index (χ0v) is 7.51. The van der Waals surface area contributed by atoms with Gasteiger partial charge in [-0.15, -0.1) is 0 Å². The third kappa shape index (κ3) is 1.56. The van der Waals surface area contributed by atoms with Crippen molar-refractivity contribution < 1.29 is 17.7 Å². The highest BCUT2D eigenvalue weighted by Gasteiger charge is 2.34. The minimum absolute atomic E-state index is 0.0256. The van der Waals surface area contributed by atoms with Crippen molar-refractivity contribution >= 4 is 10.9 Å². The van der Waals surface area contributed by atoms with Crippen molar-refractivity contribution in [3.8, 4) is 0 Å². The van der Waals surface area contributed by atoms with Crippen molar-refractivity contribution in [2.45, 2.75) is 12.7 Å². The van der Waals surface area contributed by atoms with Crippen molar-refractivity contribution in [1.29, 1.82) is 0 Å². The molecule has 6 heteroatoms. The molecule has 0 saturated heterocycles. The number of nitrogens with zero attached hydrogens (tertiary/aromatic N) is 1. The van der Waals surface area contributed by atoms with E-state index >= 15 is 0 Å². The third-order valence-electron chi connectivity index (χ3n) is 2.07. The smallest absolute Gasteiger partial charge is 0.359 e. The van der Waals surface area contributed by atoms with Crippen LogP contribution in [0.2, 0.25) is 0 Å². The highest BCUT2D eigenvalue weighted by molar-refractivity contribution is 5.83. The van der Waals surface area contributed by atoms with Crippen LogP contribution in [-0.4, -0.2) is 5.16 Å². The second-order valence-electron chi connectivity index (χ2n) is 3.01. The maximum absolute atomic E-state index is 12.5. The number of aromatic nitrogens is 1. The van der Waals surface area contributed by atoms with Crippen LogP contribution < -0.4 is 5.73 Å². The number of halogens is 3. The maximum Gasteiger partial charge on any atom is 0.418 e. The average Bonchev–Trinajstić information content (AvgIpc) is 2.58. The van der Waals surface area contributed by atoms with Crippen molar-refractivity contribution in [2.24, 2.45) is 5.73 Å². The molecule has 1 aromatic carbocycles. The first-order chi connectivity index (χ1) is 7.04. The van der Waals surface area contributed by atoms with E-state index in [1.807, 2.05) is 0 Å². The largest absolute Gasteiger partial charge is 0.418 e. The SMILES string of the molecule is NCc1onc2c(C(F)(F)F)cccc12. The van der Waals surface area contributed by atoms with Gasteiger partial charge in [-0.1, -0.05) is 11.2 Å². The van der Waals surface area contributed by atoms with Gasteiger partial charge in [0.1, 0.15) is 5.52 Å². The van der Waals surface area contributed by atoms with Gasteiger partial charge < -0.3 is 10.3 Å². The summed E-state index contributed by atoms with van der Waals surface area (Å²) >= 11 is 0. The quantitative estimate of drug-likeness (QED) is 0.795. The van der Waals surface area contributed by atoms with Gasteiger partial charge in [0.05, 0.1) is 12.1 Å². The van der Waals surface area contributed by atoms with E-state index in [9.17, 15) is 13.2 Å². The Hall–Kier alpha value is -1.56. The molecule has 15 heavy (non-hydrogen) atoms. The predicted molar refractivity (Wildman–Crippen MR) is 46.9 cm³/mol. The summed E-state index contributed by atoms with van der Waals surface area (Å²) in [6.45, 7) is 0.0256. The molecule has 2 aromatic rings. The summed E-state index contributed by atoms with van der Waals surface area (Å²) in [7, 11) is 0. The molecular formula is C9H7F3N2O. The second-order valence-corrected chi connectivity index (χ2v) is 3.01. The van der Waals surface area contributed by atoms with Crippen molar-refractivity contribution in [3.05, 3.63) is 29.5 Å². The summed E-state index contributed by atoms with van der Waals surface area (Å²) < 4.78 is 42.3. The average molecular weight is 216 g/mol. The van der Waals surface area contributed by atoms with Gasteiger partial charge in [0.2, 0.25) is 0 Å². The summed E-state index contributed by atoms with van der Waals surface area (Å²) in [5.41, 5.74) is 4.31. The van der Waals surface area contributed by atoms with Crippen LogP contribution in [0.15, 0.2) is 22.7 Å². The van der Waals surface area contributed by atoms with Gasteiger partial charge in [-0.2, -0.15) is 13.2 Å². The second kappa shape index (κ2) is 3.23. The lowest BCUT2D eigenvalue weighted by atomic mass is 10.1. The number of nitrogens with two attached hydrogens (primary N) is 1. The predicted octanol–water partition coefficient (Wildman–Crippen LogP) is 2.31. The molecule has 2 rings (SSSR count). The molecule has 0 aliphatic heterocycles. The molecule has 2 N–H and O–H groups in total. The van der Waals surface area contributed by atoms with Crippen LogP contribution in [0.4, 0.5) is 13.2 Å². The first-order valence-corrected chi connectivity index (χ1v) is 4.18. The minimum Gasteiger partial charge on any atom is -0.359 e. The Labute approximate surface area is 82.6 Å². The van der Waals surface area contributed by atoms with E-state index in [0.717, 1.165) is 6.07 Å². The van der Waals surface area contributed by atoms with Gasteiger partial charge in [0.25, 0.3) is 0 Å². The van der Waals surface area contributed by atoms with Crippen LogP contribution in [-0.2, 0) is 12.7 Å². The minimum atomic E-state index is -4.43. The van der Waals surface area contributed by atoms with Crippen molar-refractivity contribution in [1.82, 2.24) is 5.16 Å². The molecule has 0 unspecified atom stereocenters. The van der Waals surface area contributed by atoms with Crippen LogP contribution in [0.1, 0.15) is 11.3 Å². The fourth-order valence-corrected chi connectivity index (χ4v) is 1.39. The number of hydrogen-bond acceptors (Lipinski definition) is 3. The summed E-state index contributed by atoms with van der Waals surface area (Å²) in [6, 6.07) is 3.77. The van der Waals surface area contributed by atoms with E-state index in [2.05, 4.69) is 5.16 Å². The zero-order valence-electron chi connectivity index (χ0n) is 7.51. The summed E-state index contributed by atoms with van der Waals surface area (Å²) in [4.78, 5) is 0. The molecule has 0 amide bonds. The van der Waals surface area contributed by atoms with E-state index in [1.54, 1.807) is 0 Å². The standard InChI is InChI=1S/C9H7F3N2O/c10-9(11,12)6-3-1-2-5-7(4-13)15-14-8(5)6/h1-3H,4,13H2. The fourth-order valence-electron chi connectivity index (χ4n) is 1.39. The lowest BCUT2D eigenvalue weighted by Gasteiger charge is -2.05. The molecule has 1 aromatic heterocycles. The van der Waals surface area contributed by atoms with Crippen LogP contribution >= 0.6 is 0 Å². The Bertz CT molecular complexity index is 490. The summed E-state index contributed by atoms with van der Waals surface area (Å²) in [5, 5.41) is 3.69. The fraction of sp³-hybridized carbons (Fsp3) is 0.222. The lowest BCUT2D eigenvalue weighted by molar-refractivity contribution is -0.136. The van der Waals surface area contributed by atoms with E-state index in [1.165, 1.54) is 12.1 Å². The van der Waals surface area contributed by atoms with E-state index in [-0.39, 0.29) is 17.8 Å². The van der Waals surface area contributed by atoms with Crippen LogP contribution in [0.5, 0.6) is 0 Å². The molecule has 0 bridgehead atoms. The molecule has 0 saturated carbocycles. The molecule has 0 fully saturated rings. The van der Waals surface area contributed by atoms with E-state index in [0.29, 0.717) is 5.39 Å². The topological polar surface area (TPSA) is 52.0 Å². The van der Waals surface area contributed by atoms with Gasteiger partial charge in [-0.05, 0) is 12.1 Å². The van der Waals surface area contributed by atoms with Gasteiger partial charge in [-0.25, -0.2) is 0 Å². The van der Waals surface area contributed by atoms with Crippen molar-refractivity contribution in [3.63, 3.8) is 0 Å². The first kappa shape index (κ1) is 9.97. The van der Waals surface area contributed by atoms with Crippen LogP contribution in [0, 0.1) is 0 Å².